The fraction of sp³-hybridized carbons (Fsp3) is 1.00. The normalized spacial score (nSPS) is 12.0. The largest absolute Gasteiger partial charge is 0.382 e. The Morgan fingerprint density at radius 2 is 1.69 bits per heavy atom. The first-order valence-corrected chi connectivity index (χ1v) is 6.61. The summed E-state index contributed by atoms with van der Waals surface area (Å²) in [6.07, 6.45) is 1.06. The molecule has 0 aliphatic heterocycles. The van der Waals surface area contributed by atoms with Gasteiger partial charge in [-0.15, -0.1) is 0 Å². The molecule has 0 spiro atoms. The third-order valence-electron chi connectivity index (χ3n) is 1.93. The van der Waals surface area contributed by atoms with Crippen LogP contribution in [0.2, 0.25) is 0 Å². The number of hydrogen-bond donors (Lipinski definition) is 0. The Morgan fingerprint density at radius 3 is 2.15 bits per heavy atom. The van der Waals surface area contributed by atoms with Crippen molar-refractivity contribution in [1.82, 2.24) is 0 Å². The Kier molecular flexibility index (Phi) is 8.77. The van der Waals surface area contributed by atoms with Gasteiger partial charge in [-0.3, -0.25) is 0 Å². The van der Waals surface area contributed by atoms with Crippen LogP contribution in [0, 0.1) is 5.41 Å². The van der Waals surface area contributed by atoms with Gasteiger partial charge >= 0.3 is 0 Å². The highest BCUT2D eigenvalue weighted by Gasteiger charge is 2.20. The molecule has 0 atom stereocenters. The summed E-state index contributed by atoms with van der Waals surface area (Å²) in [5, 5.41) is 2.00. The van der Waals surface area contributed by atoms with Crippen molar-refractivity contribution >= 4 is 31.9 Å². The van der Waals surface area contributed by atoms with Crippen LogP contribution in [0.5, 0.6) is 0 Å². The molecule has 0 aromatic rings. The Balaban J connectivity index is 3.39. The van der Waals surface area contributed by atoms with Gasteiger partial charge in [0, 0.05) is 24.4 Å². The fourth-order valence-corrected chi connectivity index (χ4v) is 2.22. The van der Waals surface area contributed by atoms with Crippen molar-refractivity contribution in [2.45, 2.75) is 13.3 Å². The predicted octanol–water partition coefficient (Wildman–Crippen LogP) is 2.84. The Hall–Kier alpha value is 0.880. The summed E-state index contributed by atoms with van der Waals surface area (Å²) in [5.41, 5.74) is 0.299. The van der Waals surface area contributed by atoms with Gasteiger partial charge in [0.1, 0.15) is 0 Å². The second-order valence-electron chi connectivity index (χ2n) is 3.43. The number of ether oxygens (including phenoxy) is 2. The molecule has 0 saturated heterocycles. The molecule has 0 unspecified atom stereocenters. The van der Waals surface area contributed by atoms with Crippen LogP contribution >= 0.6 is 31.9 Å². The molecule has 0 aromatic heterocycles. The van der Waals surface area contributed by atoms with E-state index in [0.717, 1.165) is 23.7 Å². The van der Waals surface area contributed by atoms with Crippen LogP contribution in [-0.4, -0.2) is 37.6 Å². The van der Waals surface area contributed by atoms with Crippen LogP contribution in [-0.2, 0) is 9.47 Å². The lowest BCUT2D eigenvalue weighted by molar-refractivity contribution is 0.0592. The lowest BCUT2D eigenvalue weighted by Crippen LogP contribution is -2.22. The smallest absolute Gasteiger partial charge is 0.0700 e. The van der Waals surface area contributed by atoms with Crippen LogP contribution in [0.25, 0.3) is 0 Å². The highest BCUT2D eigenvalue weighted by molar-refractivity contribution is 9.09. The van der Waals surface area contributed by atoms with Crippen LogP contribution in [0.3, 0.4) is 0 Å². The fourth-order valence-electron chi connectivity index (χ4n) is 0.732. The molecule has 4 heteroatoms. The predicted molar refractivity (Wildman–Crippen MR) is 63.0 cm³/mol. The summed E-state index contributed by atoms with van der Waals surface area (Å²) in [4.78, 5) is 0. The van der Waals surface area contributed by atoms with Gasteiger partial charge in [-0.1, -0.05) is 38.8 Å². The standard InChI is InChI=1S/C9H18Br2O2/c1-9(7-10,8-11)3-4-13-6-5-12-2/h3-8H2,1-2H3. The first-order valence-electron chi connectivity index (χ1n) is 4.37. The number of halogens is 2. The molecule has 13 heavy (non-hydrogen) atoms. The van der Waals surface area contributed by atoms with E-state index in [-0.39, 0.29) is 0 Å². The molecular weight excluding hydrogens is 300 g/mol. The van der Waals surface area contributed by atoms with Crippen LogP contribution in [0.1, 0.15) is 13.3 Å². The van der Waals surface area contributed by atoms with E-state index < -0.39 is 0 Å². The van der Waals surface area contributed by atoms with E-state index in [4.69, 9.17) is 9.47 Å². The van der Waals surface area contributed by atoms with Gasteiger partial charge < -0.3 is 9.47 Å². The minimum atomic E-state index is 0.299. The third kappa shape index (κ3) is 6.89. The molecule has 0 aliphatic carbocycles. The van der Waals surface area contributed by atoms with Crippen molar-refractivity contribution in [2.24, 2.45) is 5.41 Å². The number of methoxy groups -OCH3 is 1. The van der Waals surface area contributed by atoms with Crippen LogP contribution < -0.4 is 0 Å². The monoisotopic (exact) mass is 316 g/mol. The second kappa shape index (κ2) is 8.21. The summed E-state index contributed by atoms with van der Waals surface area (Å²) in [6.45, 7) is 4.41. The van der Waals surface area contributed by atoms with Gasteiger partial charge in [-0.2, -0.15) is 0 Å². The van der Waals surface area contributed by atoms with Crippen molar-refractivity contribution < 1.29 is 9.47 Å². The molecule has 0 heterocycles. The van der Waals surface area contributed by atoms with Crippen molar-refractivity contribution in [3.05, 3.63) is 0 Å². The zero-order valence-corrected chi connectivity index (χ0v) is 11.5. The van der Waals surface area contributed by atoms with E-state index >= 15 is 0 Å². The molecule has 0 radical (unpaired) electrons. The molecule has 0 bridgehead atoms. The Bertz CT molecular complexity index is 116. The maximum absolute atomic E-state index is 5.41. The Labute approximate surface area is 97.6 Å². The average molecular weight is 318 g/mol. The Morgan fingerprint density at radius 1 is 1.08 bits per heavy atom. The van der Waals surface area contributed by atoms with Gasteiger partial charge in [-0.05, 0) is 11.8 Å². The third-order valence-corrected chi connectivity index (χ3v) is 4.63. The molecule has 2 nitrogen and oxygen atoms in total. The lowest BCUT2D eigenvalue weighted by Gasteiger charge is -2.24. The molecule has 0 amide bonds. The van der Waals surface area contributed by atoms with Crippen molar-refractivity contribution in [2.75, 3.05) is 37.6 Å². The minimum Gasteiger partial charge on any atom is -0.382 e. The topological polar surface area (TPSA) is 18.5 Å². The lowest BCUT2D eigenvalue weighted by atomic mass is 9.93. The summed E-state index contributed by atoms with van der Waals surface area (Å²) in [6, 6.07) is 0. The molecule has 0 rings (SSSR count). The first-order chi connectivity index (χ1) is 6.18. The molecule has 0 N–H and O–H groups in total. The quantitative estimate of drug-likeness (QED) is 0.506. The summed E-state index contributed by atoms with van der Waals surface area (Å²) in [5.74, 6) is 0. The molecular formula is C9H18Br2O2. The van der Waals surface area contributed by atoms with Crippen molar-refractivity contribution in [3.8, 4) is 0 Å². The molecule has 0 saturated carbocycles. The zero-order chi connectivity index (χ0) is 10.2. The van der Waals surface area contributed by atoms with Gasteiger partial charge in [0.15, 0.2) is 0 Å². The molecule has 0 aromatic carbocycles. The van der Waals surface area contributed by atoms with E-state index in [2.05, 4.69) is 38.8 Å². The molecule has 80 valence electrons. The first kappa shape index (κ1) is 13.9. The number of hydrogen-bond acceptors (Lipinski definition) is 2. The number of rotatable bonds is 8. The maximum Gasteiger partial charge on any atom is 0.0700 e. The molecule has 0 fully saturated rings. The van der Waals surface area contributed by atoms with Crippen molar-refractivity contribution in [1.29, 1.82) is 0 Å². The summed E-state index contributed by atoms with van der Waals surface area (Å²) >= 11 is 7.01. The van der Waals surface area contributed by atoms with E-state index in [1.807, 2.05) is 0 Å². The van der Waals surface area contributed by atoms with E-state index in [0.29, 0.717) is 18.6 Å². The van der Waals surface area contributed by atoms with Gasteiger partial charge in [0.2, 0.25) is 0 Å². The van der Waals surface area contributed by atoms with E-state index in [1.54, 1.807) is 7.11 Å². The number of alkyl halides is 2. The highest BCUT2D eigenvalue weighted by Crippen LogP contribution is 2.26. The van der Waals surface area contributed by atoms with Crippen molar-refractivity contribution in [3.63, 3.8) is 0 Å². The van der Waals surface area contributed by atoms with Gasteiger partial charge in [-0.25, -0.2) is 0 Å². The van der Waals surface area contributed by atoms with Gasteiger partial charge in [0.25, 0.3) is 0 Å². The average Bonchev–Trinajstić information content (AvgIpc) is 2.17. The van der Waals surface area contributed by atoms with E-state index in [9.17, 15) is 0 Å². The molecule has 0 aliphatic rings. The van der Waals surface area contributed by atoms with Crippen LogP contribution in [0.4, 0.5) is 0 Å². The summed E-state index contributed by atoms with van der Waals surface area (Å²) < 4.78 is 10.3. The zero-order valence-electron chi connectivity index (χ0n) is 8.32. The summed E-state index contributed by atoms with van der Waals surface area (Å²) in [7, 11) is 1.68. The maximum atomic E-state index is 5.41. The minimum absolute atomic E-state index is 0.299. The van der Waals surface area contributed by atoms with E-state index in [1.165, 1.54) is 0 Å². The van der Waals surface area contributed by atoms with Crippen LogP contribution in [0.15, 0.2) is 0 Å². The van der Waals surface area contributed by atoms with Gasteiger partial charge in [0.05, 0.1) is 13.2 Å². The SMILES string of the molecule is COCCOCCC(C)(CBr)CBr. The highest BCUT2D eigenvalue weighted by atomic mass is 79.9. The second-order valence-corrected chi connectivity index (χ2v) is 4.55.